The highest BCUT2D eigenvalue weighted by molar-refractivity contribution is 7.86. The molecule has 228 valence electrons. The number of amides is 2. The summed E-state index contributed by atoms with van der Waals surface area (Å²) >= 11 is 0. The fourth-order valence-electron chi connectivity index (χ4n) is 4.19. The molecular formula is C30H26N2O10S2. The van der Waals surface area contributed by atoms with Gasteiger partial charge in [-0.3, -0.25) is 18.7 Å². The fraction of sp³-hybridized carbons (Fsp3) is 0.0667. The second-order valence-electron chi connectivity index (χ2n) is 9.10. The molecule has 14 heteroatoms. The maximum atomic E-state index is 12.8. The number of hydrogen-bond donors (Lipinski definition) is 4. The lowest BCUT2D eigenvalue weighted by Crippen LogP contribution is -2.14. The molecule has 0 aliphatic rings. The van der Waals surface area contributed by atoms with Gasteiger partial charge in [0, 0.05) is 11.4 Å². The highest BCUT2D eigenvalue weighted by Gasteiger charge is 2.20. The minimum Gasteiger partial charge on any atom is -0.496 e. The molecule has 0 heterocycles. The summed E-state index contributed by atoms with van der Waals surface area (Å²) in [7, 11) is -6.85. The Morgan fingerprint density at radius 2 is 0.977 bits per heavy atom. The summed E-state index contributed by atoms with van der Waals surface area (Å²) in [5.74, 6) is -0.607. The van der Waals surface area contributed by atoms with Crippen molar-refractivity contribution in [3.05, 3.63) is 107 Å². The molecule has 12 nitrogen and oxygen atoms in total. The zero-order chi connectivity index (χ0) is 32.1. The Hall–Kier alpha value is -5.02. The van der Waals surface area contributed by atoms with E-state index in [2.05, 4.69) is 10.6 Å². The third-order valence-corrected chi connectivity index (χ3v) is 8.06. The van der Waals surface area contributed by atoms with Gasteiger partial charge in [0.25, 0.3) is 32.1 Å². The van der Waals surface area contributed by atoms with Gasteiger partial charge >= 0.3 is 0 Å². The molecule has 0 aromatic heterocycles. The first-order chi connectivity index (χ1) is 20.8. The molecule has 0 atom stereocenters. The summed E-state index contributed by atoms with van der Waals surface area (Å²) in [6.45, 7) is 0. The van der Waals surface area contributed by atoms with Gasteiger partial charge < -0.3 is 20.1 Å². The van der Waals surface area contributed by atoms with Crippen LogP contribution in [0.5, 0.6) is 11.5 Å². The molecule has 0 radical (unpaired) electrons. The van der Waals surface area contributed by atoms with Gasteiger partial charge in [-0.15, -0.1) is 0 Å². The number of carbonyl (C=O) groups is 2. The van der Waals surface area contributed by atoms with Crippen molar-refractivity contribution in [2.45, 2.75) is 9.79 Å². The zero-order valence-electron chi connectivity index (χ0n) is 23.2. The summed E-state index contributed by atoms with van der Waals surface area (Å²) in [6, 6.07) is 20.1. The summed E-state index contributed by atoms with van der Waals surface area (Å²) in [6.07, 6.45) is 2.40. The lowest BCUT2D eigenvalue weighted by molar-refractivity contribution is 0.101. The molecule has 0 aliphatic heterocycles. The van der Waals surface area contributed by atoms with Crippen LogP contribution in [0.25, 0.3) is 12.2 Å². The van der Waals surface area contributed by atoms with E-state index in [1.807, 2.05) is 0 Å². The van der Waals surface area contributed by atoms with Gasteiger partial charge in [-0.05, 0) is 59.7 Å². The first-order valence-electron chi connectivity index (χ1n) is 12.6. The molecule has 0 fully saturated rings. The Morgan fingerprint density at radius 1 is 0.614 bits per heavy atom. The first kappa shape index (κ1) is 31.9. The number of methoxy groups -OCH3 is 2. The molecule has 0 saturated heterocycles. The first-order valence-corrected chi connectivity index (χ1v) is 15.5. The van der Waals surface area contributed by atoms with Crippen molar-refractivity contribution in [2.24, 2.45) is 0 Å². The summed E-state index contributed by atoms with van der Waals surface area (Å²) in [5, 5.41) is 5.09. The summed E-state index contributed by atoms with van der Waals surface area (Å²) in [4.78, 5) is 24.4. The Kier molecular flexibility index (Phi) is 9.50. The van der Waals surface area contributed by atoms with Gasteiger partial charge in [0.2, 0.25) is 0 Å². The van der Waals surface area contributed by atoms with E-state index in [4.69, 9.17) is 9.47 Å². The largest absolute Gasteiger partial charge is 0.496 e. The smallest absolute Gasteiger partial charge is 0.295 e. The van der Waals surface area contributed by atoms with Gasteiger partial charge in [0.15, 0.2) is 0 Å². The quantitative estimate of drug-likeness (QED) is 0.138. The van der Waals surface area contributed by atoms with Crippen molar-refractivity contribution in [3.63, 3.8) is 0 Å². The van der Waals surface area contributed by atoms with Gasteiger partial charge in [0.1, 0.15) is 21.3 Å². The third kappa shape index (κ3) is 7.48. The van der Waals surface area contributed by atoms with E-state index >= 15 is 0 Å². The molecule has 4 rings (SSSR count). The van der Waals surface area contributed by atoms with Crippen LogP contribution in [-0.2, 0) is 20.2 Å². The number of benzene rings is 4. The highest BCUT2D eigenvalue weighted by atomic mass is 32.2. The second kappa shape index (κ2) is 13.1. The highest BCUT2D eigenvalue weighted by Crippen LogP contribution is 2.28. The van der Waals surface area contributed by atoms with Gasteiger partial charge in [-0.25, -0.2) is 0 Å². The van der Waals surface area contributed by atoms with E-state index < -0.39 is 41.8 Å². The fourth-order valence-corrected chi connectivity index (χ4v) is 5.61. The second-order valence-corrected chi connectivity index (χ2v) is 11.9. The molecule has 0 unspecified atom stereocenters. The Balaban J connectivity index is 1.65. The van der Waals surface area contributed by atoms with E-state index in [1.54, 1.807) is 36.4 Å². The monoisotopic (exact) mass is 638 g/mol. The average Bonchev–Trinajstić information content (AvgIpc) is 2.99. The minimum absolute atomic E-state index is 0.0412. The van der Waals surface area contributed by atoms with Crippen molar-refractivity contribution in [1.82, 2.24) is 0 Å². The molecule has 4 aromatic rings. The van der Waals surface area contributed by atoms with Crippen LogP contribution in [0, 0.1) is 0 Å². The van der Waals surface area contributed by atoms with Crippen LogP contribution >= 0.6 is 0 Å². The van der Waals surface area contributed by atoms with Crippen molar-refractivity contribution in [1.29, 1.82) is 0 Å². The Morgan fingerprint density at radius 3 is 1.32 bits per heavy atom. The van der Waals surface area contributed by atoms with Gasteiger partial charge in [-0.1, -0.05) is 48.6 Å². The zero-order valence-corrected chi connectivity index (χ0v) is 24.8. The molecule has 4 N–H and O–H groups in total. The lowest BCUT2D eigenvalue weighted by atomic mass is 10.1. The molecular weight excluding hydrogens is 612 g/mol. The van der Waals surface area contributed by atoms with Gasteiger partial charge in [-0.2, -0.15) is 16.8 Å². The number of rotatable bonds is 10. The predicted molar refractivity (Wildman–Crippen MR) is 163 cm³/mol. The molecule has 44 heavy (non-hydrogen) atoms. The lowest BCUT2D eigenvalue weighted by Gasteiger charge is -2.12. The van der Waals surface area contributed by atoms with E-state index in [0.29, 0.717) is 11.5 Å². The maximum Gasteiger partial charge on any atom is 0.295 e. The third-order valence-electron chi connectivity index (χ3n) is 6.24. The van der Waals surface area contributed by atoms with Crippen LogP contribution < -0.4 is 20.1 Å². The number of para-hydroxylation sites is 2. The van der Waals surface area contributed by atoms with Crippen LogP contribution in [0.4, 0.5) is 11.4 Å². The minimum atomic E-state index is -4.82. The van der Waals surface area contributed by atoms with E-state index in [-0.39, 0.29) is 33.6 Å². The SMILES string of the molecule is COc1ccccc1C(=O)Nc1ccc(C=Cc2ccc(NC(=O)c3ccccc3OC)cc2S(=O)(=O)O)c(S(=O)(=O)O)c1. The summed E-state index contributed by atoms with van der Waals surface area (Å²) < 4.78 is 79.0. The molecule has 0 bridgehead atoms. The van der Waals surface area contributed by atoms with Gasteiger partial charge in [0.05, 0.1) is 25.3 Å². The number of ether oxygens (including phenoxy) is 2. The standard InChI is InChI=1S/C30H26N2O10S2/c1-41-25-9-5-3-7-23(25)29(33)31-21-15-13-19(27(17-21)43(35,36)37)11-12-20-14-16-22(18-28(20)44(38,39)40)32-30(34)24-8-4-6-10-26(24)42-2/h3-18H,1-2H3,(H,31,33)(H,32,34)(H,35,36,37)(H,38,39,40). The van der Waals surface area contributed by atoms with Crippen LogP contribution in [0.3, 0.4) is 0 Å². The van der Waals surface area contributed by atoms with Crippen molar-refractivity contribution in [2.75, 3.05) is 24.9 Å². The van der Waals surface area contributed by atoms with Crippen LogP contribution in [0.15, 0.2) is 94.7 Å². The Labute approximate surface area is 253 Å². The van der Waals surface area contributed by atoms with E-state index in [9.17, 15) is 35.5 Å². The van der Waals surface area contributed by atoms with Crippen molar-refractivity contribution >= 4 is 55.6 Å². The topological polar surface area (TPSA) is 185 Å². The Bertz CT molecular complexity index is 1850. The van der Waals surface area contributed by atoms with E-state index in [0.717, 1.165) is 12.1 Å². The van der Waals surface area contributed by atoms with Crippen molar-refractivity contribution < 1.29 is 45.0 Å². The van der Waals surface area contributed by atoms with Crippen LogP contribution in [0.2, 0.25) is 0 Å². The van der Waals surface area contributed by atoms with Crippen LogP contribution in [0.1, 0.15) is 31.8 Å². The maximum absolute atomic E-state index is 12.8. The van der Waals surface area contributed by atoms with E-state index in [1.165, 1.54) is 62.8 Å². The normalized spacial score (nSPS) is 11.6. The number of anilines is 2. The molecule has 4 aromatic carbocycles. The molecule has 0 saturated carbocycles. The molecule has 2 amide bonds. The predicted octanol–water partition coefficient (Wildman–Crippen LogP) is 4.87. The molecule has 0 aliphatic carbocycles. The number of nitrogens with one attached hydrogen (secondary N) is 2. The number of hydrogen-bond acceptors (Lipinski definition) is 8. The van der Waals surface area contributed by atoms with Crippen LogP contribution in [-0.4, -0.2) is 52.0 Å². The summed E-state index contributed by atoms with van der Waals surface area (Å²) in [5.41, 5.74) is 0.342. The number of carbonyl (C=O) groups excluding carboxylic acids is 2. The van der Waals surface area contributed by atoms with Crippen molar-refractivity contribution in [3.8, 4) is 11.5 Å². The molecule has 0 spiro atoms. The average molecular weight is 639 g/mol.